The maximum absolute atomic E-state index is 13.3. The number of unbranched alkanes of at least 4 members (excludes halogenated alkanes) is 1. The minimum atomic E-state index is -0.386. The zero-order valence-corrected chi connectivity index (χ0v) is 20.1. The fraction of sp³-hybridized carbons (Fsp3) is 0.379. The molecule has 0 radical (unpaired) electrons. The van der Waals surface area contributed by atoms with E-state index in [0.29, 0.717) is 40.9 Å². The van der Waals surface area contributed by atoms with Gasteiger partial charge in [0.25, 0.3) is 5.91 Å². The molecule has 6 atom stereocenters. The number of anilines is 2. The highest BCUT2D eigenvalue weighted by Crippen LogP contribution is 2.65. The van der Waals surface area contributed by atoms with E-state index in [-0.39, 0.29) is 47.4 Å². The van der Waals surface area contributed by atoms with E-state index < -0.39 is 0 Å². The van der Waals surface area contributed by atoms with Crippen LogP contribution in [-0.2, 0) is 14.3 Å². The highest BCUT2D eigenvalue weighted by molar-refractivity contribution is 6.22. The number of allylic oxidation sites excluding steroid dienone is 2. The first kappa shape index (κ1) is 22.7. The SMILES string of the molecule is CCCCOC(=O)c1ccc(NC(=O)c2ccc(N3C(=O)[C@H]4[C@@H]5C=C[C@@H]([C@H]6C[C@H]56)[C@@H]4C3=O)cc2)cc1. The summed E-state index contributed by atoms with van der Waals surface area (Å²) < 4.78 is 5.20. The van der Waals surface area contributed by atoms with Crippen LogP contribution in [0.4, 0.5) is 11.4 Å². The van der Waals surface area contributed by atoms with E-state index in [2.05, 4.69) is 17.5 Å². The molecule has 2 saturated carbocycles. The number of ether oxygens (including phenoxy) is 1. The molecule has 4 aliphatic carbocycles. The van der Waals surface area contributed by atoms with Gasteiger partial charge in [0.15, 0.2) is 0 Å². The van der Waals surface area contributed by atoms with Gasteiger partial charge in [-0.05, 0) is 85.0 Å². The van der Waals surface area contributed by atoms with E-state index in [4.69, 9.17) is 4.74 Å². The third kappa shape index (κ3) is 3.65. The van der Waals surface area contributed by atoms with Gasteiger partial charge in [0.2, 0.25) is 11.8 Å². The molecule has 7 heteroatoms. The number of esters is 1. The molecule has 1 aliphatic heterocycles. The molecule has 7 rings (SSSR count). The summed E-state index contributed by atoms with van der Waals surface area (Å²) in [6, 6.07) is 13.1. The molecule has 5 aliphatic rings. The van der Waals surface area contributed by atoms with E-state index >= 15 is 0 Å². The van der Waals surface area contributed by atoms with Crippen LogP contribution in [-0.4, -0.2) is 30.3 Å². The number of rotatable bonds is 7. The van der Waals surface area contributed by atoms with E-state index in [1.807, 2.05) is 6.92 Å². The number of carbonyl (C=O) groups excluding carboxylic acids is 4. The summed E-state index contributed by atoms with van der Waals surface area (Å²) in [7, 11) is 0. The summed E-state index contributed by atoms with van der Waals surface area (Å²) in [5.41, 5.74) is 1.89. The Hall–Kier alpha value is -3.74. The van der Waals surface area contributed by atoms with E-state index in [1.165, 1.54) is 4.90 Å². The number of hydrogen-bond acceptors (Lipinski definition) is 5. The number of hydrogen-bond donors (Lipinski definition) is 1. The molecule has 0 spiro atoms. The third-order valence-electron chi connectivity index (χ3n) is 8.16. The maximum Gasteiger partial charge on any atom is 0.338 e. The molecule has 0 aromatic heterocycles. The van der Waals surface area contributed by atoms with Gasteiger partial charge in [-0.2, -0.15) is 0 Å². The van der Waals surface area contributed by atoms with Crippen molar-refractivity contribution in [3.8, 4) is 0 Å². The smallest absolute Gasteiger partial charge is 0.338 e. The largest absolute Gasteiger partial charge is 0.462 e. The van der Waals surface area contributed by atoms with Gasteiger partial charge < -0.3 is 10.1 Å². The third-order valence-corrected chi connectivity index (χ3v) is 8.16. The molecule has 1 saturated heterocycles. The summed E-state index contributed by atoms with van der Waals surface area (Å²) >= 11 is 0. The summed E-state index contributed by atoms with van der Waals surface area (Å²) in [5.74, 6) is 0.0629. The van der Waals surface area contributed by atoms with Crippen LogP contribution in [0.3, 0.4) is 0 Å². The van der Waals surface area contributed by atoms with Crippen LogP contribution in [0.5, 0.6) is 0 Å². The second kappa shape index (κ2) is 8.73. The maximum atomic E-state index is 13.3. The Morgan fingerprint density at radius 3 is 2.06 bits per heavy atom. The quantitative estimate of drug-likeness (QED) is 0.271. The number of imide groups is 1. The van der Waals surface area contributed by atoms with Crippen LogP contribution in [0.15, 0.2) is 60.7 Å². The summed E-state index contributed by atoms with van der Waals surface area (Å²) in [6.45, 7) is 2.41. The lowest BCUT2D eigenvalue weighted by Crippen LogP contribution is -2.40. The minimum Gasteiger partial charge on any atom is -0.462 e. The van der Waals surface area contributed by atoms with Gasteiger partial charge >= 0.3 is 5.97 Å². The van der Waals surface area contributed by atoms with Crippen LogP contribution < -0.4 is 10.2 Å². The number of nitrogens with one attached hydrogen (secondary N) is 1. The second-order valence-electron chi connectivity index (χ2n) is 10.2. The molecule has 2 bridgehead atoms. The first-order valence-electron chi connectivity index (χ1n) is 12.7. The Labute approximate surface area is 209 Å². The Balaban J connectivity index is 1.11. The first-order chi connectivity index (χ1) is 17.5. The Morgan fingerprint density at radius 1 is 0.889 bits per heavy atom. The van der Waals surface area contributed by atoms with Crippen LogP contribution in [0.1, 0.15) is 46.9 Å². The summed E-state index contributed by atoms with van der Waals surface area (Å²) in [6.07, 6.45) is 7.21. The summed E-state index contributed by atoms with van der Waals surface area (Å²) in [4.78, 5) is 52.7. The molecule has 36 heavy (non-hydrogen) atoms. The Morgan fingerprint density at radius 2 is 1.47 bits per heavy atom. The van der Waals surface area contributed by atoms with Crippen LogP contribution >= 0.6 is 0 Å². The van der Waals surface area contributed by atoms with Crippen LogP contribution in [0, 0.1) is 35.5 Å². The predicted molar refractivity (Wildman–Crippen MR) is 133 cm³/mol. The van der Waals surface area contributed by atoms with Crippen molar-refractivity contribution in [2.24, 2.45) is 35.5 Å². The zero-order valence-electron chi connectivity index (χ0n) is 20.1. The van der Waals surface area contributed by atoms with E-state index in [9.17, 15) is 19.2 Å². The lowest BCUT2D eigenvalue weighted by Gasteiger charge is -2.37. The molecule has 3 fully saturated rings. The highest BCUT2D eigenvalue weighted by Gasteiger charge is 2.67. The molecule has 1 N–H and O–H groups in total. The minimum absolute atomic E-state index is 0.111. The summed E-state index contributed by atoms with van der Waals surface area (Å²) in [5, 5.41) is 2.81. The first-order valence-corrected chi connectivity index (χ1v) is 12.7. The lowest BCUT2D eigenvalue weighted by molar-refractivity contribution is -0.124. The van der Waals surface area contributed by atoms with Crippen molar-refractivity contribution in [1.82, 2.24) is 0 Å². The Bertz CT molecular complexity index is 1230. The van der Waals surface area contributed by atoms with Gasteiger partial charge in [-0.3, -0.25) is 19.3 Å². The van der Waals surface area contributed by atoms with Crippen molar-refractivity contribution >= 4 is 35.1 Å². The molecular weight excluding hydrogens is 456 g/mol. The van der Waals surface area contributed by atoms with Crippen molar-refractivity contribution in [2.45, 2.75) is 26.2 Å². The average Bonchev–Trinajstić information content (AvgIpc) is 3.67. The average molecular weight is 485 g/mol. The van der Waals surface area contributed by atoms with Crippen molar-refractivity contribution in [1.29, 1.82) is 0 Å². The highest BCUT2D eigenvalue weighted by atomic mass is 16.5. The van der Waals surface area contributed by atoms with E-state index in [0.717, 1.165) is 19.3 Å². The van der Waals surface area contributed by atoms with Gasteiger partial charge in [-0.15, -0.1) is 0 Å². The van der Waals surface area contributed by atoms with Gasteiger partial charge in [0, 0.05) is 11.3 Å². The number of benzene rings is 2. The van der Waals surface area contributed by atoms with Crippen LogP contribution in [0.2, 0.25) is 0 Å². The number of amides is 3. The standard InChI is InChI=1S/C29H28N2O5/c1-2-3-14-36-29(35)17-4-8-18(9-5-17)30-26(32)16-6-10-19(11-7-16)31-27(33)24-20-12-13-21(23-15-22(20)23)25(24)28(31)34/h4-13,20-25H,2-3,14-15H2,1H3,(H,30,32)/t20-,21+,22-,23-,24+,25+/m1/s1. The van der Waals surface area contributed by atoms with Gasteiger partial charge in [0.05, 0.1) is 29.7 Å². The molecule has 2 aromatic carbocycles. The zero-order chi connectivity index (χ0) is 25.0. The molecule has 184 valence electrons. The fourth-order valence-electron chi connectivity index (χ4n) is 6.26. The van der Waals surface area contributed by atoms with Gasteiger partial charge in [-0.1, -0.05) is 25.5 Å². The molecule has 1 heterocycles. The van der Waals surface area contributed by atoms with Crippen LogP contribution in [0.25, 0.3) is 0 Å². The molecule has 0 unspecified atom stereocenters. The Kier molecular flexibility index (Phi) is 5.51. The van der Waals surface area contributed by atoms with Crippen molar-refractivity contribution in [2.75, 3.05) is 16.8 Å². The van der Waals surface area contributed by atoms with Gasteiger partial charge in [-0.25, -0.2) is 4.79 Å². The number of carbonyl (C=O) groups is 4. The predicted octanol–water partition coefficient (Wildman–Crippen LogP) is 4.45. The van der Waals surface area contributed by atoms with Crippen molar-refractivity contribution in [3.63, 3.8) is 0 Å². The van der Waals surface area contributed by atoms with Crippen molar-refractivity contribution < 1.29 is 23.9 Å². The molecule has 7 nitrogen and oxygen atoms in total. The van der Waals surface area contributed by atoms with E-state index in [1.54, 1.807) is 48.5 Å². The van der Waals surface area contributed by atoms with Crippen molar-refractivity contribution in [3.05, 3.63) is 71.8 Å². The molecular formula is C29H28N2O5. The topological polar surface area (TPSA) is 92.8 Å². The molecule has 2 aromatic rings. The normalized spacial score (nSPS) is 29.1. The molecule has 3 amide bonds. The number of nitrogens with zero attached hydrogens (tertiary/aromatic N) is 1. The van der Waals surface area contributed by atoms with Gasteiger partial charge in [0.1, 0.15) is 0 Å². The lowest BCUT2D eigenvalue weighted by atomic mass is 9.63. The second-order valence-corrected chi connectivity index (χ2v) is 10.2. The monoisotopic (exact) mass is 484 g/mol. The fourth-order valence-corrected chi connectivity index (χ4v) is 6.26.